The highest BCUT2D eigenvalue weighted by molar-refractivity contribution is 7.92. The van der Waals surface area contributed by atoms with E-state index in [1.54, 1.807) is 60.7 Å². The lowest BCUT2D eigenvalue weighted by molar-refractivity contribution is -0.140. The fourth-order valence-corrected chi connectivity index (χ4v) is 5.95. The number of hydrogen-bond donors (Lipinski definition) is 1. The first-order valence-corrected chi connectivity index (χ1v) is 15.6. The molecule has 0 aliphatic heterocycles. The molecule has 0 saturated heterocycles. The molecule has 1 N–H and O–H groups in total. The number of rotatable bonds is 14. The van der Waals surface area contributed by atoms with E-state index in [1.807, 2.05) is 27.7 Å². The molecule has 0 aliphatic carbocycles. The summed E-state index contributed by atoms with van der Waals surface area (Å²) in [5.74, 6) is -0.258. The van der Waals surface area contributed by atoms with Gasteiger partial charge in [-0.05, 0) is 74.7 Å². The normalized spacial score (nSPS) is 11.9. The Balaban J connectivity index is 2.06. The van der Waals surface area contributed by atoms with Gasteiger partial charge in [-0.25, -0.2) is 8.42 Å². The smallest absolute Gasteiger partial charge is 0.264 e. The van der Waals surface area contributed by atoms with Gasteiger partial charge in [0.05, 0.1) is 17.2 Å². The Morgan fingerprint density at radius 2 is 1.61 bits per heavy atom. The van der Waals surface area contributed by atoms with E-state index >= 15 is 0 Å². The highest BCUT2D eigenvalue weighted by atomic mass is 35.5. The third-order valence-corrected chi connectivity index (χ3v) is 8.71. The monoisotopic (exact) mass is 599 g/mol. The number of anilines is 1. The lowest BCUT2D eigenvalue weighted by atomic mass is 10.1. The van der Waals surface area contributed by atoms with E-state index in [-0.39, 0.29) is 17.3 Å². The zero-order valence-electron chi connectivity index (χ0n) is 24.0. The van der Waals surface area contributed by atoms with E-state index in [0.29, 0.717) is 41.6 Å². The first kappa shape index (κ1) is 32.0. The lowest BCUT2D eigenvalue weighted by Crippen LogP contribution is -2.52. The Morgan fingerprint density at radius 1 is 0.951 bits per heavy atom. The minimum atomic E-state index is -4.15. The summed E-state index contributed by atoms with van der Waals surface area (Å²) < 4.78 is 34.5. The molecule has 3 aromatic carbocycles. The van der Waals surface area contributed by atoms with Gasteiger partial charge < -0.3 is 15.0 Å². The summed E-state index contributed by atoms with van der Waals surface area (Å²) in [5.41, 5.74) is 1.85. The largest absolute Gasteiger partial charge is 0.494 e. The molecule has 41 heavy (non-hydrogen) atoms. The highest BCUT2D eigenvalue weighted by Crippen LogP contribution is 2.27. The van der Waals surface area contributed by atoms with Gasteiger partial charge in [0, 0.05) is 18.1 Å². The molecule has 0 bridgehead atoms. The van der Waals surface area contributed by atoms with Gasteiger partial charge in [0.1, 0.15) is 18.3 Å². The van der Waals surface area contributed by atoms with Crippen molar-refractivity contribution in [3.05, 3.63) is 88.9 Å². The fourth-order valence-electron chi connectivity index (χ4n) is 4.34. The van der Waals surface area contributed by atoms with Gasteiger partial charge >= 0.3 is 0 Å². The SMILES string of the molecule is CCCNC(=O)[C@@H](CC)N(Cc1ccccc1Cl)C(=O)CN(c1ccc(OCC)cc1)S(=O)(=O)c1ccc(C)cc1. The van der Waals surface area contributed by atoms with E-state index in [1.165, 1.54) is 17.0 Å². The van der Waals surface area contributed by atoms with Crippen LogP contribution < -0.4 is 14.4 Å². The van der Waals surface area contributed by atoms with Crippen LogP contribution in [0, 0.1) is 6.92 Å². The average molecular weight is 600 g/mol. The van der Waals surface area contributed by atoms with Gasteiger partial charge in [-0.1, -0.05) is 61.3 Å². The van der Waals surface area contributed by atoms with Crippen LogP contribution in [-0.4, -0.2) is 50.9 Å². The summed E-state index contributed by atoms with van der Waals surface area (Å²) in [6.07, 6.45) is 1.07. The van der Waals surface area contributed by atoms with Crippen molar-refractivity contribution < 1.29 is 22.7 Å². The summed E-state index contributed by atoms with van der Waals surface area (Å²) in [6.45, 7) is 7.92. The minimum Gasteiger partial charge on any atom is -0.494 e. The van der Waals surface area contributed by atoms with Crippen molar-refractivity contribution >= 4 is 39.1 Å². The number of carbonyl (C=O) groups is 2. The fraction of sp³-hybridized carbons (Fsp3) is 0.355. The number of hydrogen-bond acceptors (Lipinski definition) is 5. The number of halogens is 1. The second-order valence-electron chi connectivity index (χ2n) is 9.58. The molecule has 0 aliphatic rings. The molecule has 0 aromatic heterocycles. The predicted octanol–water partition coefficient (Wildman–Crippen LogP) is 5.58. The number of carbonyl (C=O) groups excluding carboxylic acids is 2. The topological polar surface area (TPSA) is 96.0 Å². The average Bonchev–Trinajstić information content (AvgIpc) is 2.96. The molecule has 220 valence electrons. The second kappa shape index (κ2) is 14.9. The van der Waals surface area contributed by atoms with Gasteiger partial charge in [-0.2, -0.15) is 0 Å². The van der Waals surface area contributed by atoms with E-state index in [9.17, 15) is 18.0 Å². The van der Waals surface area contributed by atoms with Crippen molar-refractivity contribution in [2.75, 3.05) is 24.0 Å². The van der Waals surface area contributed by atoms with Crippen LogP contribution in [0.3, 0.4) is 0 Å². The van der Waals surface area contributed by atoms with Crippen LogP contribution >= 0.6 is 11.6 Å². The standard InChI is InChI=1S/C31H38ClN3O5S/c1-5-20-33-31(37)29(6-2)34(21-24-10-8-9-11-28(24)32)30(36)22-35(25-14-16-26(17-15-25)40-7-3)41(38,39)27-18-12-23(4)13-19-27/h8-19,29H,5-7,20-22H2,1-4H3,(H,33,37)/t29-/m1/s1. The maximum absolute atomic E-state index is 14.1. The molecule has 3 rings (SSSR count). The number of ether oxygens (including phenoxy) is 1. The van der Waals surface area contributed by atoms with Crippen LogP contribution in [0.15, 0.2) is 77.7 Å². The van der Waals surface area contributed by atoms with Crippen molar-refractivity contribution in [3.8, 4) is 5.75 Å². The van der Waals surface area contributed by atoms with Crippen molar-refractivity contribution in [2.24, 2.45) is 0 Å². The van der Waals surface area contributed by atoms with Crippen molar-refractivity contribution in [3.63, 3.8) is 0 Å². The van der Waals surface area contributed by atoms with Crippen molar-refractivity contribution in [2.45, 2.75) is 58.0 Å². The lowest BCUT2D eigenvalue weighted by Gasteiger charge is -2.33. The molecular weight excluding hydrogens is 562 g/mol. The van der Waals surface area contributed by atoms with Crippen LogP contribution in [0.1, 0.15) is 44.7 Å². The number of sulfonamides is 1. The Hall–Kier alpha value is -3.56. The van der Waals surface area contributed by atoms with Crippen LogP contribution in [0.25, 0.3) is 0 Å². The summed E-state index contributed by atoms with van der Waals surface area (Å²) in [6, 6.07) is 19.2. The number of nitrogens with one attached hydrogen (secondary N) is 1. The van der Waals surface area contributed by atoms with E-state index < -0.39 is 28.5 Å². The molecule has 2 amide bonds. The van der Waals surface area contributed by atoms with Crippen LogP contribution in [0.2, 0.25) is 5.02 Å². The second-order valence-corrected chi connectivity index (χ2v) is 11.8. The first-order valence-electron chi connectivity index (χ1n) is 13.7. The van der Waals surface area contributed by atoms with E-state index in [2.05, 4.69) is 5.32 Å². The third-order valence-electron chi connectivity index (χ3n) is 6.56. The molecule has 0 unspecified atom stereocenters. The molecule has 10 heteroatoms. The summed E-state index contributed by atoms with van der Waals surface area (Å²) in [7, 11) is -4.15. The summed E-state index contributed by atoms with van der Waals surface area (Å²) in [4.78, 5) is 28.7. The quantitative estimate of drug-likeness (QED) is 0.261. The molecule has 8 nitrogen and oxygen atoms in total. The Morgan fingerprint density at radius 3 is 2.20 bits per heavy atom. The molecule has 3 aromatic rings. The van der Waals surface area contributed by atoms with Gasteiger partial charge in [0.2, 0.25) is 11.8 Å². The Kier molecular flexibility index (Phi) is 11.6. The molecule has 0 saturated carbocycles. The van der Waals surface area contributed by atoms with Gasteiger partial charge in [-0.3, -0.25) is 13.9 Å². The number of nitrogens with zero attached hydrogens (tertiary/aromatic N) is 2. The predicted molar refractivity (Wildman–Crippen MR) is 163 cm³/mol. The zero-order chi connectivity index (χ0) is 30.0. The third kappa shape index (κ3) is 8.24. The summed E-state index contributed by atoms with van der Waals surface area (Å²) >= 11 is 6.43. The zero-order valence-corrected chi connectivity index (χ0v) is 25.5. The molecular formula is C31H38ClN3O5S. The van der Waals surface area contributed by atoms with Crippen molar-refractivity contribution in [1.82, 2.24) is 10.2 Å². The minimum absolute atomic E-state index is 0.0399. The van der Waals surface area contributed by atoms with E-state index in [0.717, 1.165) is 16.3 Å². The molecule has 0 heterocycles. The molecule has 0 fully saturated rings. The maximum atomic E-state index is 14.1. The number of aryl methyl sites for hydroxylation is 1. The Labute approximate surface area is 248 Å². The molecule has 1 atom stereocenters. The van der Waals surface area contributed by atoms with Gasteiger partial charge in [0.25, 0.3) is 10.0 Å². The maximum Gasteiger partial charge on any atom is 0.264 e. The molecule has 0 spiro atoms. The van der Waals surface area contributed by atoms with Crippen molar-refractivity contribution in [1.29, 1.82) is 0 Å². The van der Waals surface area contributed by atoms with Crippen LogP contribution in [0.5, 0.6) is 5.75 Å². The number of amides is 2. The summed E-state index contributed by atoms with van der Waals surface area (Å²) in [5, 5.41) is 3.32. The highest BCUT2D eigenvalue weighted by Gasteiger charge is 2.33. The Bertz CT molecular complexity index is 1410. The van der Waals surface area contributed by atoms with Gasteiger partial charge in [0.15, 0.2) is 0 Å². The van der Waals surface area contributed by atoms with Crippen LogP contribution in [-0.2, 0) is 26.2 Å². The van der Waals surface area contributed by atoms with Gasteiger partial charge in [-0.15, -0.1) is 0 Å². The molecule has 0 radical (unpaired) electrons. The van der Waals surface area contributed by atoms with E-state index in [4.69, 9.17) is 16.3 Å². The number of benzene rings is 3. The van der Waals surface area contributed by atoms with Crippen LogP contribution in [0.4, 0.5) is 5.69 Å². The first-order chi connectivity index (χ1) is 19.6.